The van der Waals surface area contributed by atoms with Gasteiger partial charge in [0.25, 0.3) is 11.5 Å². The molecular formula is C22H23ClFN5O2. The monoisotopic (exact) mass is 443 g/mol. The second-order valence-corrected chi connectivity index (χ2v) is 8.00. The largest absolute Gasteiger partial charge is 0.348 e. The van der Waals surface area contributed by atoms with Gasteiger partial charge < -0.3 is 15.2 Å². The molecule has 3 aromatic rings. The zero-order chi connectivity index (χ0) is 20.7. The van der Waals surface area contributed by atoms with E-state index in [0.29, 0.717) is 24.1 Å². The normalized spacial score (nSPS) is 19.3. The van der Waals surface area contributed by atoms with Crippen molar-refractivity contribution < 1.29 is 9.18 Å². The molecule has 0 unspecified atom stereocenters. The Morgan fingerprint density at radius 1 is 1.26 bits per heavy atom. The number of amides is 1. The number of rotatable bonds is 4. The molecule has 5 rings (SSSR count). The highest BCUT2D eigenvalue weighted by Gasteiger charge is 2.31. The smallest absolute Gasteiger partial charge is 0.263 e. The van der Waals surface area contributed by atoms with E-state index >= 15 is 0 Å². The van der Waals surface area contributed by atoms with Gasteiger partial charge in [0.15, 0.2) is 0 Å². The summed E-state index contributed by atoms with van der Waals surface area (Å²) in [5.41, 5.74) is 2.30. The van der Waals surface area contributed by atoms with Gasteiger partial charge in [-0.25, -0.2) is 9.07 Å². The number of nitrogens with one attached hydrogen (secondary N) is 2. The minimum Gasteiger partial charge on any atom is -0.348 e. The molecule has 2 aromatic heterocycles. The van der Waals surface area contributed by atoms with Crippen LogP contribution >= 0.6 is 12.4 Å². The molecule has 0 radical (unpaired) electrons. The van der Waals surface area contributed by atoms with E-state index in [2.05, 4.69) is 15.7 Å². The van der Waals surface area contributed by atoms with Crippen LogP contribution in [0.4, 0.5) is 4.39 Å². The molecule has 9 heteroatoms. The van der Waals surface area contributed by atoms with Gasteiger partial charge in [-0.2, -0.15) is 5.10 Å². The van der Waals surface area contributed by atoms with E-state index in [1.165, 1.54) is 12.1 Å². The lowest BCUT2D eigenvalue weighted by Crippen LogP contribution is -2.46. The summed E-state index contributed by atoms with van der Waals surface area (Å²) in [4.78, 5) is 25.6. The van der Waals surface area contributed by atoms with Crippen molar-refractivity contribution in [3.63, 3.8) is 0 Å². The predicted molar refractivity (Wildman–Crippen MR) is 116 cm³/mol. The second-order valence-electron chi connectivity index (χ2n) is 8.00. The molecule has 0 saturated carbocycles. The number of halogens is 2. The summed E-state index contributed by atoms with van der Waals surface area (Å²) in [5, 5.41) is 10.4. The molecule has 1 amide bonds. The van der Waals surface area contributed by atoms with Gasteiger partial charge in [-0.3, -0.25) is 9.59 Å². The molecule has 0 aliphatic carbocycles. The van der Waals surface area contributed by atoms with Crippen LogP contribution in [0.2, 0.25) is 0 Å². The topological polar surface area (TPSA) is 81.0 Å². The molecule has 1 fully saturated rings. The number of hydrogen-bond acceptors (Lipinski definition) is 4. The zero-order valence-electron chi connectivity index (χ0n) is 16.8. The molecule has 1 saturated heterocycles. The van der Waals surface area contributed by atoms with Gasteiger partial charge in [0.05, 0.1) is 11.9 Å². The van der Waals surface area contributed by atoms with E-state index in [9.17, 15) is 14.0 Å². The number of fused-ring (bicyclic) bond motifs is 4. The highest BCUT2D eigenvalue weighted by molar-refractivity contribution is 5.93. The van der Waals surface area contributed by atoms with Crippen molar-refractivity contribution in [3.8, 4) is 5.69 Å². The highest BCUT2D eigenvalue weighted by atomic mass is 35.5. The molecule has 2 N–H and O–H groups in total. The summed E-state index contributed by atoms with van der Waals surface area (Å²) in [6.07, 6.45) is 4.43. The molecule has 31 heavy (non-hydrogen) atoms. The van der Waals surface area contributed by atoms with Crippen LogP contribution in [0.25, 0.3) is 5.69 Å². The molecule has 162 valence electrons. The van der Waals surface area contributed by atoms with Gasteiger partial charge >= 0.3 is 0 Å². The number of piperidine rings is 1. The van der Waals surface area contributed by atoms with Crippen LogP contribution in [0.1, 0.15) is 34.0 Å². The maximum Gasteiger partial charge on any atom is 0.263 e. The van der Waals surface area contributed by atoms with Gasteiger partial charge in [0.2, 0.25) is 0 Å². The number of benzene rings is 1. The Hall–Kier alpha value is -2.97. The number of nitrogens with zero attached hydrogens (tertiary/aromatic N) is 3. The van der Waals surface area contributed by atoms with E-state index in [1.54, 1.807) is 39.8 Å². The molecule has 2 aliphatic rings. The second kappa shape index (κ2) is 8.64. The molecule has 2 bridgehead atoms. The fourth-order valence-electron chi connectivity index (χ4n) is 4.45. The lowest BCUT2D eigenvalue weighted by atomic mass is 9.84. The van der Waals surface area contributed by atoms with Crippen molar-refractivity contribution in [1.29, 1.82) is 0 Å². The van der Waals surface area contributed by atoms with Crippen LogP contribution in [-0.2, 0) is 13.1 Å². The van der Waals surface area contributed by atoms with Crippen molar-refractivity contribution in [2.75, 3.05) is 13.1 Å². The minimum atomic E-state index is -0.400. The van der Waals surface area contributed by atoms with Gasteiger partial charge in [0, 0.05) is 43.0 Å². The van der Waals surface area contributed by atoms with Crippen molar-refractivity contribution in [3.05, 3.63) is 81.8 Å². The Labute approximate surface area is 184 Å². The van der Waals surface area contributed by atoms with Crippen LogP contribution in [0, 0.1) is 11.7 Å². The van der Waals surface area contributed by atoms with E-state index in [1.807, 2.05) is 6.07 Å². The van der Waals surface area contributed by atoms with E-state index in [0.717, 1.165) is 30.8 Å². The van der Waals surface area contributed by atoms with Crippen LogP contribution < -0.4 is 16.2 Å². The summed E-state index contributed by atoms with van der Waals surface area (Å²) < 4.78 is 16.7. The van der Waals surface area contributed by atoms with Crippen LogP contribution in [0.3, 0.4) is 0 Å². The molecule has 2 atom stereocenters. The maximum atomic E-state index is 13.4. The van der Waals surface area contributed by atoms with Crippen LogP contribution in [0.15, 0.2) is 53.6 Å². The number of pyridine rings is 1. The lowest BCUT2D eigenvalue weighted by molar-refractivity contribution is 0.0948. The quantitative estimate of drug-likeness (QED) is 0.648. The summed E-state index contributed by atoms with van der Waals surface area (Å²) >= 11 is 0. The number of carbonyl (C=O) groups is 1. The van der Waals surface area contributed by atoms with Gasteiger partial charge in [-0.15, -0.1) is 12.4 Å². The first kappa shape index (κ1) is 21.3. The zero-order valence-corrected chi connectivity index (χ0v) is 17.6. The molecule has 0 spiro atoms. The van der Waals surface area contributed by atoms with Crippen molar-refractivity contribution in [2.45, 2.75) is 25.4 Å². The Bertz CT molecular complexity index is 1170. The van der Waals surface area contributed by atoms with Crippen molar-refractivity contribution in [1.82, 2.24) is 25.0 Å². The van der Waals surface area contributed by atoms with Gasteiger partial charge in [-0.05, 0) is 49.2 Å². The average Bonchev–Trinajstić information content (AvgIpc) is 3.22. The number of aromatic nitrogens is 3. The summed E-state index contributed by atoms with van der Waals surface area (Å²) in [6, 6.07) is 9.66. The number of carbonyl (C=O) groups excluding carboxylic acids is 1. The lowest BCUT2D eigenvalue weighted by Gasteiger charge is -2.37. The standard InChI is InChI=1S/C22H22FN5O2.ClH/c23-17-2-1-3-18(7-17)28-13-15(10-26-28)9-25-21(29)19-4-5-20-16-6-14(8-24-11-16)12-27(20)22(19)30;/h1-5,7,10,13-14,16,24H,6,8-9,11-12H2,(H,25,29);1H/t14-,16+;/m0./s1. The van der Waals surface area contributed by atoms with Crippen molar-refractivity contribution >= 4 is 18.3 Å². The summed E-state index contributed by atoms with van der Waals surface area (Å²) in [6.45, 7) is 2.66. The fourth-order valence-corrected chi connectivity index (χ4v) is 4.45. The summed E-state index contributed by atoms with van der Waals surface area (Å²) in [5.74, 6) is 0.0187. The molecular weight excluding hydrogens is 421 g/mol. The van der Waals surface area contributed by atoms with E-state index in [4.69, 9.17) is 0 Å². The third-order valence-electron chi connectivity index (χ3n) is 5.92. The molecule has 2 aliphatic heterocycles. The number of hydrogen-bond donors (Lipinski definition) is 2. The van der Waals surface area contributed by atoms with Crippen LogP contribution in [0.5, 0.6) is 0 Å². The average molecular weight is 444 g/mol. The first-order chi connectivity index (χ1) is 14.6. The predicted octanol–water partition coefficient (Wildman–Crippen LogP) is 2.23. The Morgan fingerprint density at radius 3 is 2.97 bits per heavy atom. The first-order valence-corrected chi connectivity index (χ1v) is 10.1. The van der Waals surface area contributed by atoms with E-state index < -0.39 is 5.91 Å². The SMILES string of the molecule is Cl.O=C(NCc1cnn(-c2cccc(F)c2)c1)c1ccc2n(c1=O)C[C@@H]1CNC[C@H]2C1. The third-order valence-corrected chi connectivity index (χ3v) is 5.92. The highest BCUT2D eigenvalue weighted by Crippen LogP contribution is 2.31. The Morgan fingerprint density at radius 2 is 2.13 bits per heavy atom. The third kappa shape index (κ3) is 4.13. The van der Waals surface area contributed by atoms with Crippen LogP contribution in [-0.4, -0.2) is 33.3 Å². The van der Waals surface area contributed by atoms with Gasteiger partial charge in [-0.1, -0.05) is 6.07 Å². The molecule has 4 heterocycles. The molecule has 1 aromatic carbocycles. The van der Waals surface area contributed by atoms with Gasteiger partial charge in [0.1, 0.15) is 11.4 Å². The maximum absolute atomic E-state index is 13.4. The Balaban J connectivity index is 0.00000231. The Kier molecular flexibility index (Phi) is 5.93. The minimum absolute atomic E-state index is 0. The van der Waals surface area contributed by atoms with E-state index in [-0.39, 0.29) is 35.9 Å². The van der Waals surface area contributed by atoms with Crippen molar-refractivity contribution in [2.24, 2.45) is 5.92 Å². The molecule has 7 nitrogen and oxygen atoms in total. The first-order valence-electron chi connectivity index (χ1n) is 10.1. The fraction of sp³-hybridized carbons (Fsp3) is 0.318. The summed E-state index contributed by atoms with van der Waals surface area (Å²) in [7, 11) is 0.